The molecular weight excluding hydrogens is 256 g/mol. The summed E-state index contributed by atoms with van der Waals surface area (Å²) < 4.78 is 31.6. The molecule has 16 heavy (non-hydrogen) atoms. The third kappa shape index (κ3) is 3.07. The Morgan fingerprint density at radius 3 is 2.88 bits per heavy atom. The van der Waals surface area contributed by atoms with Gasteiger partial charge in [0.15, 0.2) is 0 Å². The van der Waals surface area contributed by atoms with Crippen LogP contribution >= 0.6 is 11.6 Å². The summed E-state index contributed by atoms with van der Waals surface area (Å²) in [6.45, 7) is 0.478. The number of nitrogens with one attached hydrogen (secondary N) is 1. The van der Waals surface area contributed by atoms with Crippen molar-refractivity contribution in [3.8, 4) is 0 Å². The van der Waals surface area contributed by atoms with Gasteiger partial charge >= 0.3 is 5.97 Å². The van der Waals surface area contributed by atoms with Crippen molar-refractivity contribution in [2.45, 2.75) is 18.9 Å². The molecule has 1 aliphatic rings. The molecule has 0 aromatic heterocycles. The van der Waals surface area contributed by atoms with E-state index < -0.39 is 22.2 Å². The second-order valence-electron chi connectivity index (χ2n) is 3.38. The van der Waals surface area contributed by atoms with Gasteiger partial charge in [-0.25, -0.2) is 4.72 Å². The van der Waals surface area contributed by atoms with E-state index in [0.29, 0.717) is 19.4 Å². The van der Waals surface area contributed by atoms with E-state index in [-0.39, 0.29) is 12.4 Å². The van der Waals surface area contributed by atoms with Crippen molar-refractivity contribution < 1.29 is 17.9 Å². The quantitative estimate of drug-likeness (QED) is 0.550. The summed E-state index contributed by atoms with van der Waals surface area (Å²) in [5.74, 6) is -0.329. The maximum atomic E-state index is 11.8. The summed E-state index contributed by atoms with van der Waals surface area (Å²) in [6.07, 6.45) is 1.15. The van der Waals surface area contributed by atoms with Gasteiger partial charge in [-0.1, -0.05) is 0 Å². The van der Waals surface area contributed by atoms with Crippen LogP contribution in [0.5, 0.6) is 0 Å². The molecular formula is C8H15ClN2O4S. The Morgan fingerprint density at radius 1 is 1.62 bits per heavy atom. The van der Waals surface area contributed by atoms with Gasteiger partial charge in [0.05, 0.1) is 7.11 Å². The van der Waals surface area contributed by atoms with Crippen LogP contribution in [-0.2, 0) is 19.7 Å². The summed E-state index contributed by atoms with van der Waals surface area (Å²) in [7, 11) is -2.38. The number of carbonyl (C=O) groups excluding carboxylic acids is 1. The molecule has 1 rings (SSSR count). The molecule has 0 bridgehead atoms. The Labute approximate surface area is 100 Å². The van der Waals surface area contributed by atoms with E-state index in [9.17, 15) is 13.2 Å². The standard InChI is InChI=1S/C8H15ClN2O4S/c1-15-8(12)7-3-2-6-11(7)16(13,14)10-5-4-9/h7,10H,2-6H2,1H3/t7-/m0/s1. The number of esters is 1. The number of nitrogens with zero attached hydrogens (tertiary/aromatic N) is 1. The summed E-state index contributed by atoms with van der Waals surface area (Å²) in [6, 6.07) is -0.710. The first kappa shape index (κ1) is 13.7. The lowest BCUT2D eigenvalue weighted by Crippen LogP contribution is -2.47. The number of rotatable bonds is 5. The number of halogens is 1. The molecule has 1 fully saturated rings. The third-order valence-electron chi connectivity index (χ3n) is 2.36. The van der Waals surface area contributed by atoms with Crippen molar-refractivity contribution >= 4 is 27.8 Å². The van der Waals surface area contributed by atoms with E-state index in [1.165, 1.54) is 7.11 Å². The average Bonchev–Trinajstić information content (AvgIpc) is 2.75. The highest BCUT2D eigenvalue weighted by Gasteiger charge is 2.38. The van der Waals surface area contributed by atoms with Gasteiger partial charge in [0.2, 0.25) is 0 Å². The minimum Gasteiger partial charge on any atom is -0.468 e. The molecule has 8 heteroatoms. The fourth-order valence-corrected chi connectivity index (χ4v) is 3.28. The molecule has 0 saturated carbocycles. The molecule has 0 aromatic carbocycles. The van der Waals surface area contributed by atoms with Gasteiger partial charge in [-0.3, -0.25) is 4.79 Å². The van der Waals surface area contributed by atoms with E-state index in [0.717, 1.165) is 4.31 Å². The van der Waals surface area contributed by atoms with Crippen LogP contribution < -0.4 is 4.72 Å². The highest BCUT2D eigenvalue weighted by atomic mass is 35.5. The van der Waals surface area contributed by atoms with E-state index in [4.69, 9.17) is 11.6 Å². The first-order chi connectivity index (χ1) is 7.53. The monoisotopic (exact) mass is 270 g/mol. The maximum absolute atomic E-state index is 11.8. The smallest absolute Gasteiger partial charge is 0.324 e. The van der Waals surface area contributed by atoms with E-state index in [1.54, 1.807) is 0 Å². The lowest BCUT2D eigenvalue weighted by atomic mass is 10.2. The largest absolute Gasteiger partial charge is 0.468 e. The SMILES string of the molecule is COC(=O)[C@@H]1CCCN1S(=O)(=O)NCCCl. The zero-order valence-electron chi connectivity index (χ0n) is 8.98. The van der Waals surface area contributed by atoms with Gasteiger partial charge < -0.3 is 4.74 Å². The number of hydrogen-bond acceptors (Lipinski definition) is 4. The number of ether oxygens (including phenoxy) is 1. The van der Waals surface area contributed by atoms with Crippen LogP contribution in [0, 0.1) is 0 Å². The van der Waals surface area contributed by atoms with Crippen LogP contribution in [0.3, 0.4) is 0 Å². The normalized spacial score (nSPS) is 22.2. The predicted molar refractivity (Wildman–Crippen MR) is 59.4 cm³/mol. The van der Waals surface area contributed by atoms with Crippen LogP contribution in [0.15, 0.2) is 0 Å². The van der Waals surface area contributed by atoms with Crippen molar-refractivity contribution in [1.29, 1.82) is 0 Å². The minimum absolute atomic E-state index is 0.147. The molecule has 0 spiro atoms. The van der Waals surface area contributed by atoms with Gasteiger partial charge in [-0.2, -0.15) is 12.7 Å². The Hall–Kier alpha value is -0.370. The van der Waals surface area contributed by atoms with Gasteiger partial charge in [0, 0.05) is 19.0 Å². The molecule has 94 valence electrons. The molecule has 1 atom stereocenters. The second-order valence-corrected chi connectivity index (χ2v) is 5.47. The first-order valence-corrected chi connectivity index (χ1v) is 6.90. The Morgan fingerprint density at radius 2 is 2.31 bits per heavy atom. The van der Waals surface area contributed by atoms with Crippen molar-refractivity contribution in [2.24, 2.45) is 0 Å². The molecule has 1 N–H and O–H groups in total. The molecule has 0 aliphatic carbocycles. The van der Waals surface area contributed by atoms with Gasteiger partial charge in [0.25, 0.3) is 10.2 Å². The molecule has 1 aliphatic heterocycles. The van der Waals surface area contributed by atoms with Crippen LogP contribution in [0.1, 0.15) is 12.8 Å². The lowest BCUT2D eigenvalue weighted by Gasteiger charge is -2.21. The van der Waals surface area contributed by atoms with Crippen molar-refractivity contribution in [1.82, 2.24) is 9.03 Å². The molecule has 0 radical (unpaired) electrons. The Kier molecular flexibility index (Phi) is 4.97. The summed E-state index contributed by atoms with van der Waals surface area (Å²) >= 11 is 5.40. The lowest BCUT2D eigenvalue weighted by molar-refractivity contribution is -0.144. The van der Waals surface area contributed by atoms with E-state index in [2.05, 4.69) is 9.46 Å². The van der Waals surface area contributed by atoms with Crippen LogP contribution in [0.2, 0.25) is 0 Å². The van der Waals surface area contributed by atoms with Crippen LogP contribution in [0.4, 0.5) is 0 Å². The predicted octanol–water partition coefficient (Wildman–Crippen LogP) is -0.303. The van der Waals surface area contributed by atoms with E-state index >= 15 is 0 Å². The molecule has 1 saturated heterocycles. The summed E-state index contributed by atoms with van der Waals surface area (Å²) in [5.41, 5.74) is 0. The first-order valence-electron chi connectivity index (χ1n) is 4.93. The fraction of sp³-hybridized carbons (Fsp3) is 0.875. The highest BCUT2D eigenvalue weighted by molar-refractivity contribution is 7.87. The van der Waals surface area contributed by atoms with Crippen LogP contribution in [-0.4, -0.2) is 50.8 Å². The number of hydrogen-bond donors (Lipinski definition) is 1. The van der Waals surface area contributed by atoms with Crippen molar-refractivity contribution in [3.05, 3.63) is 0 Å². The van der Waals surface area contributed by atoms with Crippen molar-refractivity contribution in [3.63, 3.8) is 0 Å². The summed E-state index contributed by atoms with van der Waals surface area (Å²) in [5, 5.41) is 0. The third-order valence-corrected chi connectivity index (χ3v) is 4.18. The second kappa shape index (κ2) is 5.81. The van der Waals surface area contributed by atoms with Gasteiger partial charge in [-0.15, -0.1) is 11.6 Å². The molecule has 1 heterocycles. The van der Waals surface area contributed by atoms with Gasteiger partial charge in [-0.05, 0) is 12.8 Å². The summed E-state index contributed by atoms with van der Waals surface area (Å²) in [4.78, 5) is 11.4. The zero-order valence-corrected chi connectivity index (χ0v) is 10.6. The van der Waals surface area contributed by atoms with Crippen molar-refractivity contribution in [2.75, 3.05) is 26.1 Å². The van der Waals surface area contributed by atoms with E-state index in [1.807, 2.05) is 0 Å². The highest BCUT2D eigenvalue weighted by Crippen LogP contribution is 2.20. The number of alkyl halides is 1. The molecule has 0 amide bonds. The van der Waals surface area contributed by atoms with Gasteiger partial charge in [0.1, 0.15) is 6.04 Å². The minimum atomic E-state index is -3.63. The molecule has 0 aromatic rings. The molecule has 0 unspecified atom stereocenters. The Balaban J connectivity index is 2.74. The topological polar surface area (TPSA) is 75.7 Å². The maximum Gasteiger partial charge on any atom is 0.324 e. The van der Waals surface area contributed by atoms with Crippen LogP contribution in [0.25, 0.3) is 0 Å². The molecule has 6 nitrogen and oxygen atoms in total. The number of carbonyl (C=O) groups is 1. The Bertz CT molecular complexity index is 346. The zero-order chi connectivity index (χ0) is 12.2. The number of methoxy groups -OCH3 is 1. The fourth-order valence-electron chi connectivity index (χ4n) is 1.65. The average molecular weight is 271 g/mol.